The summed E-state index contributed by atoms with van der Waals surface area (Å²) in [6.45, 7) is 7.97. The fraction of sp³-hybridized carbons (Fsp3) is 0.412. The fourth-order valence-electron chi connectivity index (χ4n) is 2.03. The van der Waals surface area contributed by atoms with Gasteiger partial charge in [0.2, 0.25) is 5.76 Å². The van der Waals surface area contributed by atoms with Crippen molar-refractivity contribution >= 4 is 11.8 Å². The van der Waals surface area contributed by atoms with Crippen LogP contribution in [0.5, 0.6) is 0 Å². The van der Waals surface area contributed by atoms with Crippen molar-refractivity contribution in [1.29, 1.82) is 0 Å². The predicted molar refractivity (Wildman–Crippen MR) is 88.6 cm³/mol. The van der Waals surface area contributed by atoms with Gasteiger partial charge in [-0.2, -0.15) is 0 Å². The zero-order valence-electron chi connectivity index (χ0n) is 14.3. The maximum atomic E-state index is 12.2. The fourth-order valence-corrected chi connectivity index (χ4v) is 2.03. The standard InChI is InChI=1S/C17H22N4O3/c1-10(2)12-5-6-18-14(7-12)16(22)19-9-13-8-15(24-21-13)17(23)20-11(3)4/h5-8,10-11H,9H2,1-4H3,(H,19,22)(H,20,23). The molecule has 2 N–H and O–H groups in total. The molecule has 24 heavy (non-hydrogen) atoms. The molecular weight excluding hydrogens is 308 g/mol. The van der Waals surface area contributed by atoms with Crippen molar-refractivity contribution in [2.75, 3.05) is 0 Å². The molecule has 0 aliphatic rings. The largest absolute Gasteiger partial charge is 0.351 e. The zero-order chi connectivity index (χ0) is 17.7. The highest BCUT2D eigenvalue weighted by Crippen LogP contribution is 2.14. The molecule has 0 spiro atoms. The molecule has 7 heteroatoms. The number of hydrogen-bond acceptors (Lipinski definition) is 5. The summed E-state index contributed by atoms with van der Waals surface area (Å²) in [5, 5.41) is 9.21. The third kappa shape index (κ3) is 4.65. The Bertz CT molecular complexity index is 722. The second-order valence-electron chi connectivity index (χ2n) is 6.12. The molecule has 2 amide bonds. The summed E-state index contributed by atoms with van der Waals surface area (Å²) < 4.78 is 4.99. The number of rotatable bonds is 6. The van der Waals surface area contributed by atoms with Crippen LogP contribution in [-0.4, -0.2) is 28.0 Å². The van der Waals surface area contributed by atoms with Crippen molar-refractivity contribution in [3.8, 4) is 0 Å². The van der Waals surface area contributed by atoms with E-state index in [-0.39, 0.29) is 30.2 Å². The zero-order valence-corrected chi connectivity index (χ0v) is 14.3. The van der Waals surface area contributed by atoms with Gasteiger partial charge in [-0.1, -0.05) is 19.0 Å². The molecule has 7 nitrogen and oxygen atoms in total. The van der Waals surface area contributed by atoms with Crippen LogP contribution >= 0.6 is 0 Å². The third-order valence-electron chi connectivity index (χ3n) is 3.32. The molecule has 2 rings (SSSR count). The number of amides is 2. The smallest absolute Gasteiger partial charge is 0.290 e. The highest BCUT2D eigenvalue weighted by atomic mass is 16.5. The van der Waals surface area contributed by atoms with E-state index in [9.17, 15) is 9.59 Å². The van der Waals surface area contributed by atoms with E-state index in [1.807, 2.05) is 19.9 Å². The lowest BCUT2D eigenvalue weighted by Gasteiger charge is -2.07. The van der Waals surface area contributed by atoms with E-state index in [1.165, 1.54) is 6.07 Å². The molecule has 2 aromatic rings. The van der Waals surface area contributed by atoms with Gasteiger partial charge in [-0.05, 0) is 37.5 Å². The summed E-state index contributed by atoms with van der Waals surface area (Å²) in [4.78, 5) is 28.0. The lowest BCUT2D eigenvalue weighted by molar-refractivity contribution is 0.0903. The minimum Gasteiger partial charge on any atom is -0.351 e. The van der Waals surface area contributed by atoms with Crippen molar-refractivity contribution in [2.24, 2.45) is 0 Å². The number of carbonyl (C=O) groups excluding carboxylic acids is 2. The number of nitrogens with one attached hydrogen (secondary N) is 2. The lowest BCUT2D eigenvalue weighted by Crippen LogP contribution is -2.29. The molecule has 0 aliphatic carbocycles. The Labute approximate surface area is 140 Å². The average Bonchev–Trinajstić information content (AvgIpc) is 3.01. The molecule has 2 heterocycles. The Hall–Kier alpha value is -2.70. The minimum absolute atomic E-state index is 0.00469. The first-order chi connectivity index (χ1) is 11.4. The molecule has 0 saturated heterocycles. The monoisotopic (exact) mass is 330 g/mol. The molecule has 0 aromatic carbocycles. The topological polar surface area (TPSA) is 97.1 Å². The van der Waals surface area contributed by atoms with E-state index < -0.39 is 0 Å². The maximum Gasteiger partial charge on any atom is 0.290 e. The summed E-state index contributed by atoms with van der Waals surface area (Å²) in [6, 6.07) is 5.17. The Balaban J connectivity index is 1.96. The van der Waals surface area contributed by atoms with E-state index in [4.69, 9.17) is 4.52 Å². The quantitative estimate of drug-likeness (QED) is 0.847. The van der Waals surface area contributed by atoms with Crippen molar-refractivity contribution in [3.63, 3.8) is 0 Å². The molecule has 0 atom stereocenters. The van der Waals surface area contributed by atoms with Crippen molar-refractivity contribution in [3.05, 3.63) is 47.1 Å². The first-order valence-electron chi connectivity index (χ1n) is 7.87. The summed E-state index contributed by atoms with van der Waals surface area (Å²) in [5.74, 6) is -0.194. The van der Waals surface area contributed by atoms with Crippen LogP contribution in [0.2, 0.25) is 0 Å². The SMILES string of the molecule is CC(C)NC(=O)c1cc(CNC(=O)c2cc(C(C)C)ccn2)no1. The van der Waals surface area contributed by atoms with Gasteiger partial charge in [-0.15, -0.1) is 0 Å². The average molecular weight is 330 g/mol. The van der Waals surface area contributed by atoms with E-state index >= 15 is 0 Å². The molecule has 0 saturated carbocycles. The molecule has 128 valence electrons. The van der Waals surface area contributed by atoms with Crippen LogP contribution in [0.1, 0.15) is 65.9 Å². The maximum absolute atomic E-state index is 12.2. The summed E-state index contributed by atoms with van der Waals surface area (Å²) in [7, 11) is 0. The van der Waals surface area contributed by atoms with Crippen molar-refractivity contribution in [2.45, 2.75) is 46.2 Å². The number of hydrogen-bond donors (Lipinski definition) is 2. The van der Waals surface area contributed by atoms with Crippen molar-refractivity contribution in [1.82, 2.24) is 20.8 Å². The molecule has 0 bridgehead atoms. The molecule has 0 aliphatic heterocycles. The van der Waals surface area contributed by atoms with Crippen LogP contribution < -0.4 is 10.6 Å². The first kappa shape index (κ1) is 17.7. The second-order valence-corrected chi connectivity index (χ2v) is 6.12. The van der Waals surface area contributed by atoms with Gasteiger partial charge in [0.1, 0.15) is 11.4 Å². The van der Waals surface area contributed by atoms with Crippen LogP contribution in [-0.2, 0) is 6.54 Å². The molecule has 0 unspecified atom stereocenters. The Morgan fingerprint density at radius 3 is 2.58 bits per heavy atom. The normalized spacial score (nSPS) is 10.9. The molecule has 0 radical (unpaired) electrons. The van der Waals surface area contributed by atoms with Gasteiger partial charge in [0.25, 0.3) is 11.8 Å². The van der Waals surface area contributed by atoms with Crippen molar-refractivity contribution < 1.29 is 14.1 Å². The number of nitrogens with zero attached hydrogens (tertiary/aromatic N) is 2. The van der Waals surface area contributed by atoms with Gasteiger partial charge < -0.3 is 15.2 Å². The van der Waals surface area contributed by atoms with Gasteiger partial charge in [-0.25, -0.2) is 0 Å². The van der Waals surface area contributed by atoms with Gasteiger partial charge in [-0.3, -0.25) is 14.6 Å². The first-order valence-corrected chi connectivity index (χ1v) is 7.87. The number of pyridine rings is 1. The number of carbonyl (C=O) groups is 2. The van der Waals surface area contributed by atoms with Gasteiger partial charge in [0.15, 0.2) is 0 Å². The van der Waals surface area contributed by atoms with Gasteiger partial charge in [0, 0.05) is 18.3 Å². The Morgan fingerprint density at radius 2 is 1.92 bits per heavy atom. The Morgan fingerprint density at radius 1 is 1.17 bits per heavy atom. The predicted octanol–water partition coefficient (Wildman–Crippen LogP) is 2.26. The second kappa shape index (κ2) is 7.72. The minimum atomic E-state index is -0.332. The summed E-state index contributed by atoms with van der Waals surface area (Å²) in [5.41, 5.74) is 1.86. The number of aromatic nitrogens is 2. The highest BCUT2D eigenvalue weighted by molar-refractivity contribution is 5.92. The van der Waals surface area contributed by atoms with Crippen LogP contribution in [0.4, 0.5) is 0 Å². The lowest BCUT2D eigenvalue weighted by atomic mass is 10.0. The van der Waals surface area contributed by atoms with E-state index in [0.29, 0.717) is 17.3 Å². The Kier molecular flexibility index (Phi) is 5.68. The molecule has 0 fully saturated rings. The summed E-state index contributed by atoms with van der Waals surface area (Å²) >= 11 is 0. The van der Waals surface area contributed by atoms with E-state index in [0.717, 1.165) is 5.56 Å². The van der Waals surface area contributed by atoms with E-state index in [1.54, 1.807) is 12.3 Å². The summed E-state index contributed by atoms with van der Waals surface area (Å²) in [6.07, 6.45) is 1.62. The van der Waals surface area contributed by atoms with Gasteiger partial charge in [0.05, 0.1) is 6.54 Å². The van der Waals surface area contributed by atoms with Crippen LogP contribution in [0, 0.1) is 0 Å². The van der Waals surface area contributed by atoms with Gasteiger partial charge >= 0.3 is 0 Å². The van der Waals surface area contributed by atoms with Crippen LogP contribution in [0.25, 0.3) is 0 Å². The molecule has 2 aromatic heterocycles. The van der Waals surface area contributed by atoms with Crippen LogP contribution in [0.15, 0.2) is 28.9 Å². The van der Waals surface area contributed by atoms with Crippen LogP contribution in [0.3, 0.4) is 0 Å². The highest BCUT2D eigenvalue weighted by Gasteiger charge is 2.15. The molecular formula is C17H22N4O3. The third-order valence-corrected chi connectivity index (χ3v) is 3.32. The van der Waals surface area contributed by atoms with E-state index in [2.05, 4.69) is 34.6 Å².